The van der Waals surface area contributed by atoms with E-state index in [4.69, 9.17) is 4.74 Å². The molecule has 0 spiro atoms. The van der Waals surface area contributed by atoms with Gasteiger partial charge in [-0.25, -0.2) is 13.6 Å². The van der Waals surface area contributed by atoms with Crippen LogP contribution in [0.1, 0.15) is 17.0 Å². The molecule has 1 unspecified atom stereocenters. The molecular weight excluding hydrogens is 454 g/mol. The first-order chi connectivity index (χ1) is 14.5. The molecule has 2 amide bonds. The van der Waals surface area contributed by atoms with Gasteiger partial charge in [-0.3, -0.25) is 0 Å². The van der Waals surface area contributed by atoms with Crippen molar-refractivity contribution in [3.05, 3.63) is 100 Å². The highest BCUT2D eigenvalue weighted by Gasteiger charge is 2.23. The third kappa shape index (κ3) is 4.36. The van der Waals surface area contributed by atoms with Crippen LogP contribution < -0.4 is 15.4 Å². The Hall–Kier alpha value is -3.19. The number of benzene rings is 3. The average molecular weight is 471 g/mol. The molecule has 4 nitrogen and oxygen atoms in total. The van der Waals surface area contributed by atoms with E-state index in [1.54, 1.807) is 30.3 Å². The quantitative estimate of drug-likeness (QED) is 0.432. The Labute approximate surface area is 180 Å². The number of amides is 2. The van der Waals surface area contributed by atoms with E-state index < -0.39 is 11.8 Å². The smallest absolute Gasteiger partial charge is 0.323 e. The van der Waals surface area contributed by atoms with E-state index >= 15 is 0 Å². The molecule has 0 saturated carbocycles. The van der Waals surface area contributed by atoms with Crippen molar-refractivity contribution in [2.45, 2.75) is 5.92 Å². The number of rotatable bonds is 3. The first-order valence-corrected chi connectivity index (χ1v) is 10.0. The van der Waals surface area contributed by atoms with Crippen molar-refractivity contribution in [2.75, 3.05) is 17.2 Å². The lowest BCUT2D eigenvalue weighted by atomic mass is 9.90. The fraction of sp³-hybridized carbons (Fsp3) is 0.0870. The third-order valence-corrected chi connectivity index (χ3v) is 5.13. The molecule has 0 fully saturated rings. The van der Waals surface area contributed by atoms with Crippen LogP contribution in [0.4, 0.5) is 25.0 Å². The molecule has 1 aliphatic heterocycles. The normalized spacial score (nSPS) is 15.0. The first kappa shape index (κ1) is 20.1. The van der Waals surface area contributed by atoms with Gasteiger partial charge in [0.05, 0.1) is 11.4 Å². The number of allylic oxidation sites excluding steroid dienone is 1. The molecule has 7 heteroatoms. The second-order valence-corrected chi connectivity index (χ2v) is 7.61. The number of halogens is 3. The highest BCUT2D eigenvalue weighted by Crippen LogP contribution is 2.42. The molecule has 1 aliphatic rings. The molecule has 0 radical (unpaired) electrons. The lowest BCUT2D eigenvalue weighted by Gasteiger charge is -2.20. The van der Waals surface area contributed by atoms with Gasteiger partial charge in [0.2, 0.25) is 0 Å². The molecule has 0 aromatic heterocycles. The van der Waals surface area contributed by atoms with Crippen molar-refractivity contribution in [1.29, 1.82) is 0 Å². The minimum absolute atomic E-state index is 0.0721. The summed E-state index contributed by atoms with van der Waals surface area (Å²) < 4.78 is 33.8. The van der Waals surface area contributed by atoms with Gasteiger partial charge in [0.15, 0.2) is 0 Å². The molecule has 1 atom stereocenters. The molecule has 0 aliphatic carbocycles. The van der Waals surface area contributed by atoms with E-state index in [0.717, 1.165) is 15.6 Å². The van der Waals surface area contributed by atoms with Crippen molar-refractivity contribution in [3.63, 3.8) is 0 Å². The van der Waals surface area contributed by atoms with Crippen LogP contribution in [0.3, 0.4) is 0 Å². The fourth-order valence-corrected chi connectivity index (χ4v) is 3.80. The summed E-state index contributed by atoms with van der Waals surface area (Å²) in [5, 5.41) is 5.23. The second-order valence-electron chi connectivity index (χ2n) is 6.70. The van der Waals surface area contributed by atoms with E-state index in [2.05, 4.69) is 26.6 Å². The van der Waals surface area contributed by atoms with Gasteiger partial charge in [0.1, 0.15) is 24.0 Å². The van der Waals surface area contributed by atoms with Crippen LogP contribution in [0.5, 0.6) is 5.75 Å². The maximum Gasteiger partial charge on any atom is 0.323 e. The summed E-state index contributed by atoms with van der Waals surface area (Å²) in [7, 11) is 0. The van der Waals surface area contributed by atoms with Gasteiger partial charge < -0.3 is 15.4 Å². The topological polar surface area (TPSA) is 50.4 Å². The van der Waals surface area contributed by atoms with E-state index in [1.165, 1.54) is 24.3 Å². The van der Waals surface area contributed by atoms with Crippen LogP contribution >= 0.6 is 15.9 Å². The fourth-order valence-electron chi connectivity index (χ4n) is 3.33. The molecule has 3 aromatic rings. The Morgan fingerprint density at radius 1 is 1.00 bits per heavy atom. The van der Waals surface area contributed by atoms with Crippen molar-refractivity contribution in [3.8, 4) is 5.75 Å². The molecule has 4 rings (SSSR count). The predicted molar refractivity (Wildman–Crippen MR) is 116 cm³/mol. The van der Waals surface area contributed by atoms with E-state index in [1.807, 2.05) is 18.2 Å². The Kier molecular flexibility index (Phi) is 5.81. The summed E-state index contributed by atoms with van der Waals surface area (Å²) in [6, 6.07) is 15.2. The lowest BCUT2D eigenvalue weighted by molar-refractivity contribution is 0.262. The van der Waals surface area contributed by atoms with Crippen molar-refractivity contribution < 1.29 is 18.3 Å². The van der Waals surface area contributed by atoms with Crippen LogP contribution in [0.2, 0.25) is 0 Å². The number of ether oxygens (including phenoxy) is 1. The van der Waals surface area contributed by atoms with Gasteiger partial charge in [0.25, 0.3) is 0 Å². The number of hydrogen-bond acceptors (Lipinski definition) is 2. The molecule has 0 bridgehead atoms. The van der Waals surface area contributed by atoms with E-state index in [0.29, 0.717) is 18.0 Å². The zero-order chi connectivity index (χ0) is 21.1. The van der Waals surface area contributed by atoms with E-state index in [9.17, 15) is 13.6 Å². The minimum Gasteiger partial charge on any atom is -0.487 e. The molecule has 30 heavy (non-hydrogen) atoms. The van der Waals surface area contributed by atoms with Crippen LogP contribution in [0.25, 0.3) is 0 Å². The van der Waals surface area contributed by atoms with Crippen molar-refractivity contribution in [2.24, 2.45) is 0 Å². The zero-order valence-electron chi connectivity index (χ0n) is 15.7. The Balaban J connectivity index is 1.67. The number of para-hydroxylation sites is 1. The highest BCUT2D eigenvalue weighted by atomic mass is 79.9. The van der Waals surface area contributed by atoms with Gasteiger partial charge in [-0.1, -0.05) is 52.3 Å². The average Bonchev–Trinajstić information content (AvgIpc) is 2.93. The SMILES string of the molecule is O=C(Nc1ccccc1F)Nc1cc(Br)cc2c1OCC=CC2c1ccc(F)cc1. The van der Waals surface area contributed by atoms with Crippen LogP contribution in [-0.2, 0) is 0 Å². The summed E-state index contributed by atoms with van der Waals surface area (Å²) in [5.41, 5.74) is 2.21. The maximum absolute atomic E-state index is 13.8. The summed E-state index contributed by atoms with van der Waals surface area (Å²) >= 11 is 3.48. The standard InChI is InChI=1S/C23H17BrF2N2O2/c24-15-12-18-17(14-7-9-16(25)10-8-14)4-3-11-30-22(18)21(13-15)28-23(29)27-20-6-2-1-5-19(20)26/h1-10,12-13,17H,11H2,(H2,27,28,29). The predicted octanol–water partition coefficient (Wildman–Crippen LogP) is 6.45. The zero-order valence-corrected chi connectivity index (χ0v) is 17.2. The van der Waals surface area contributed by atoms with Crippen molar-refractivity contribution in [1.82, 2.24) is 0 Å². The number of carbonyl (C=O) groups is 1. The summed E-state index contributed by atoms with van der Waals surface area (Å²) in [4.78, 5) is 12.5. The third-order valence-electron chi connectivity index (χ3n) is 4.67. The van der Waals surface area contributed by atoms with Gasteiger partial charge in [-0.2, -0.15) is 0 Å². The van der Waals surface area contributed by atoms with Gasteiger partial charge in [-0.15, -0.1) is 0 Å². The summed E-state index contributed by atoms with van der Waals surface area (Å²) in [6.07, 6.45) is 3.86. The van der Waals surface area contributed by atoms with Crippen LogP contribution in [-0.4, -0.2) is 12.6 Å². The number of hydrogen-bond donors (Lipinski definition) is 2. The number of anilines is 2. The number of fused-ring (bicyclic) bond motifs is 1. The molecule has 1 heterocycles. The van der Waals surface area contributed by atoms with E-state index in [-0.39, 0.29) is 17.4 Å². The van der Waals surface area contributed by atoms with Crippen LogP contribution in [0, 0.1) is 11.6 Å². The number of nitrogens with one attached hydrogen (secondary N) is 2. The summed E-state index contributed by atoms with van der Waals surface area (Å²) in [6.45, 7) is 0.315. The molecule has 0 saturated heterocycles. The number of carbonyl (C=O) groups excluding carboxylic acids is 1. The minimum atomic E-state index is -0.598. The molecule has 152 valence electrons. The second kappa shape index (κ2) is 8.67. The molecular formula is C23H17BrF2N2O2. The van der Waals surface area contributed by atoms with Gasteiger partial charge in [-0.05, 0) is 42.0 Å². The largest absolute Gasteiger partial charge is 0.487 e. The highest BCUT2D eigenvalue weighted by molar-refractivity contribution is 9.10. The van der Waals surface area contributed by atoms with Crippen LogP contribution in [0.15, 0.2) is 77.3 Å². The Morgan fingerprint density at radius 3 is 2.50 bits per heavy atom. The monoisotopic (exact) mass is 470 g/mol. The summed E-state index contributed by atoms with van der Waals surface area (Å²) in [5.74, 6) is -0.524. The first-order valence-electron chi connectivity index (χ1n) is 9.22. The molecule has 3 aromatic carbocycles. The van der Waals surface area contributed by atoms with Crippen molar-refractivity contribution >= 4 is 33.3 Å². The van der Waals surface area contributed by atoms with Gasteiger partial charge >= 0.3 is 6.03 Å². The molecule has 2 N–H and O–H groups in total. The Morgan fingerprint density at radius 2 is 1.73 bits per heavy atom. The lowest BCUT2D eigenvalue weighted by Crippen LogP contribution is -2.21. The van der Waals surface area contributed by atoms with Gasteiger partial charge in [0, 0.05) is 16.0 Å². The number of urea groups is 1. The maximum atomic E-state index is 13.8. The Bertz CT molecular complexity index is 1120.